The summed E-state index contributed by atoms with van der Waals surface area (Å²) < 4.78 is 53.0. The van der Waals surface area contributed by atoms with Crippen molar-refractivity contribution in [2.24, 2.45) is 0 Å². The number of likely N-dealkylation sites (tertiary alicyclic amines) is 1. The van der Waals surface area contributed by atoms with Crippen LogP contribution in [0.25, 0.3) is 0 Å². The Kier molecular flexibility index (Phi) is 19.1. The van der Waals surface area contributed by atoms with Gasteiger partial charge in [0, 0.05) is 32.9 Å². The lowest BCUT2D eigenvalue weighted by Gasteiger charge is -2.36. The molecule has 0 bridgehead atoms. The zero-order valence-corrected chi connectivity index (χ0v) is 44.9. The van der Waals surface area contributed by atoms with Crippen molar-refractivity contribution in [3.05, 3.63) is 154 Å². The summed E-state index contributed by atoms with van der Waals surface area (Å²) in [4.78, 5) is 72.9. The van der Waals surface area contributed by atoms with Gasteiger partial charge in [0.25, 0.3) is 5.91 Å². The summed E-state index contributed by atoms with van der Waals surface area (Å²) in [5, 5.41) is 2.99. The normalized spacial score (nSPS) is 15.0. The first-order chi connectivity index (χ1) is 35.2. The average Bonchev–Trinajstić information content (AvgIpc) is 3.56. The van der Waals surface area contributed by atoms with Gasteiger partial charge >= 0.3 is 18.0 Å². The molecule has 1 fully saturated rings. The van der Waals surface area contributed by atoms with Crippen LogP contribution in [0.3, 0.4) is 0 Å². The van der Waals surface area contributed by atoms with Crippen molar-refractivity contribution < 1.29 is 66.3 Å². The summed E-state index contributed by atoms with van der Waals surface area (Å²) in [5.74, 6) is -2.54. The highest BCUT2D eigenvalue weighted by atomic mass is 28.4. The highest BCUT2D eigenvalue weighted by Crippen LogP contribution is 2.39. The summed E-state index contributed by atoms with van der Waals surface area (Å²) in [6.07, 6.45) is -0.917. The fourth-order valence-corrected chi connectivity index (χ4v) is 8.63. The van der Waals surface area contributed by atoms with Crippen molar-refractivity contribution in [1.29, 1.82) is 0 Å². The second-order valence-corrected chi connectivity index (χ2v) is 25.0. The Hall–Kier alpha value is -7.21. The number of esters is 2. The smallest absolute Gasteiger partial charge is 0.410 e. The maximum Gasteiger partial charge on any atom is 0.410 e. The van der Waals surface area contributed by atoms with Gasteiger partial charge in [-0.05, 0) is 111 Å². The standard InChI is InChI=1S/C57H68N2O14Si/c1-56(2,3)72-55(64)59-30-18-25-45(44(33-59)58-52(61)40-26-28-42(29-27-40)73-74(9,10)57(4,5)6)71-53(62)41-31-47(69-36-65-7)50(48(32-41)70-37-66-8)51(60)49-43(54(63)68-35-39-21-15-12-16-22-39)23-17-24-46(49)67-34-38-19-13-11-14-20-38/h11-17,19-24,26-29,31-32,44-45H,18,25,30,33-37H2,1-10H3,(H,58,61)/t44-,45-/m1/s1. The molecule has 6 rings (SSSR count). The summed E-state index contributed by atoms with van der Waals surface area (Å²) >= 11 is 0. The molecule has 16 nitrogen and oxygen atoms in total. The molecule has 0 radical (unpaired) electrons. The number of methoxy groups -OCH3 is 2. The maximum atomic E-state index is 15.3. The Morgan fingerprint density at radius 2 is 1.26 bits per heavy atom. The minimum atomic E-state index is -2.17. The molecule has 0 aliphatic carbocycles. The van der Waals surface area contributed by atoms with Crippen LogP contribution in [0.1, 0.15) is 113 Å². The molecule has 1 N–H and O–H groups in total. The molecule has 74 heavy (non-hydrogen) atoms. The first-order valence-corrected chi connectivity index (χ1v) is 27.3. The number of nitrogens with one attached hydrogen (secondary N) is 1. The lowest BCUT2D eigenvalue weighted by atomic mass is 9.94. The van der Waals surface area contributed by atoms with Crippen molar-refractivity contribution in [1.82, 2.24) is 10.2 Å². The van der Waals surface area contributed by atoms with E-state index in [2.05, 4.69) is 39.2 Å². The molecule has 0 saturated carbocycles. The van der Waals surface area contributed by atoms with E-state index in [-0.39, 0.29) is 90.9 Å². The van der Waals surface area contributed by atoms with Crippen LogP contribution < -0.4 is 24.0 Å². The summed E-state index contributed by atoms with van der Waals surface area (Å²) in [6, 6.07) is 31.5. The number of rotatable bonds is 20. The van der Waals surface area contributed by atoms with Gasteiger partial charge in [0.2, 0.25) is 14.1 Å². The number of amides is 2. The van der Waals surface area contributed by atoms with Gasteiger partial charge in [-0.1, -0.05) is 87.5 Å². The summed E-state index contributed by atoms with van der Waals surface area (Å²) in [7, 11) is 0.600. The van der Waals surface area contributed by atoms with E-state index in [4.69, 9.17) is 42.3 Å². The first-order valence-electron chi connectivity index (χ1n) is 24.4. The molecule has 394 valence electrons. The molecule has 2 atom stereocenters. The van der Waals surface area contributed by atoms with Crippen LogP contribution in [0.5, 0.6) is 23.0 Å². The van der Waals surface area contributed by atoms with Crippen molar-refractivity contribution in [3.63, 3.8) is 0 Å². The summed E-state index contributed by atoms with van der Waals surface area (Å²) in [6.45, 7) is 15.4. The van der Waals surface area contributed by atoms with Crippen LogP contribution in [0.15, 0.2) is 115 Å². The van der Waals surface area contributed by atoms with Crippen LogP contribution in [0.2, 0.25) is 18.1 Å². The van der Waals surface area contributed by atoms with E-state index in [1.165, 1.54) is 37.3 Å². The molecule has 1 aliphatic rings. The van der Waals surface area contributed by atoms with Crippen LogP contribution in [0.4, 0.5) is 4.79 Å². The van der Waals surface area contributed by atoms with E-state index < -0.39 is 55.8 Å². The van der Waals surface area contributed by atoms with E-state index in [1.54, 1.807) is 69.3 Å². The van der Waals surface area contributed by atoms with Crippen molar-refractivity contribution in [2.75, 3.05) is 40.9 Å². The number of ketones is 1. The third-order valence-corrected chi connectivity index (χ3v) is 16.8. The number of carbonyl (C=O) groups is 5. The Morgan fingerprint density at radius 1 is 0.662 bits per heavy atom. The molecule has 5 aromatic rings. The number of benzene rings is 5. The lowest BCUT2D eigenvalue weighted by Crippen LogP contribution is -2.51. The topological polar surface area (TPSA) is 184 Å². The minimum absolute atomic E-state index is 0.0415. The molecule has 2 amide bonds. The largest absolute Gasteiger partial charge is 0.544 e. The van der Waals surface area contributed by atoms with Crippen molar-refractivity contribution >= 4 is 38.0 Å². The first kappa shape index (κ1) is 56.1. The van der Waals surface area contributed by atoms with E-state index in [0.29, 0.717) is 17.7 Å². The highest BCUT2D eigenvalue weighted by Gasteiger charge is 2.40. The molecule has 0 unspecified atom stereocenters. The Balaban J connectivity index is 1.36. The minimum Gasteiger partial charge on any atom is -0.544 e. The second-order valence-electron chi connectivity index (χ2n) is 20.3. The number of carbonyl (C=O) groups excluding carboxylic acids is 5. The van der Waals surface area contributed by atoms with Gasteiger partial charge in [-0.25, -0.2) is 14.4 Å². The van der Waals surface area contributed by atoms with Gasteiger partial charge in [-0.15, -0.1) is 0 Å². The second kappa shape index (κ2) is 25.1. The Morgan fingerprint density at radius 3 is 1.82 bits per heavy atom. The van der Waals surface area contributed by atoms with Gasteiger partial charge in [0.1, 0.15) is 53.5 Å². The van der Waals surface area contributed by atoms with Crippen molar-refractivity contribution in [2.45, 2.75) is 103 Å². The van der Waals surface area contributed by atoms with Crippen molar-refractivity contribution in [3.8, 4) is 23.0 Å². The zero-order valence-electron chi connectivity index (χ0n) is 43.9. The van der Waals surface area contributed by atoms with Gasteiger partial charge in [0.05, 0.1) is 22.7 Å². The molecular formula is C57H68N2O14Si. The molecular weight excluding hydrogens is 965 g/mol. The molecule has 0 aromatic heterocycles. The number of hydrogen-bond acceptors (Lipinski definition) is 14. The Bertz CT molecular complexity index is 2690. The fraction of sp³-hybridized carbons (Fsp3) is 0.386. The predicted octanol–water partition coefficient (Wildman–Crippen LogP) is 10.6. The predicted molar refractivity (Wildman–Crippen MR) is 279 cm³/mol. The van der Waals surface area contributed by atoms with Gasteiger partial charge in [-0.2, -0.15) is 0 Å². The van der Waals surface area contributed by atoms with Gasteiger partial charge < -0.3 is 52.5 Å². The van der Waals surface area contributed by atoms with E-state index in [9.17, 15) is 19.2 Å². The van der Waals surface area contributed by atoms with E-state index in [0.717, 1.165) is 11.1 Å². The van der Waals surface area contributed by atoms with Crippen LogP contribution in [-0.2, 0) is 36.9 Å². The molecule has 0 spiro atoms. The van der Waals surface area contributed by atoms with Crippen LogP contribution in [0, 0.1) is 0 Å². The highest BCUT2D eigenvalue weighted by molar-refractivity contribution is 6.74. The quantitative estimate of drug-likeness (QED) is 0.0255. The summed E-state index contributed by atoms with van der Waals surface area (Å²) in [5.41, 5.74) is 0.485. The van der Waals surface area contributed by atoms with Gasteiger partial charge in [0.15, 0.2) is 13.6 Å². The van der Waals surface area contributed by atoms with E-state index in [1.807, 2.05) is 48.5 Å². The monoisotopic (exact) mass is 1030 g/mol. The number of ether oxygens (including phenoxy) is 8. The zero-order chi connectivity index (χ0) is 53.6. The maximum absolute atomic E-state index is 15.3. The lowest BCUT2D eigenvalue weighted by molar-refractivity contribution is 0.0123. The average molecular weight is 1030 g/mol. The van der Waals surface area contributed by atoms with Crippen LogP contribution >= 0.6 is 0 Å². The third-order valence-electron chi connectivity index (χ3n) is 12.4. The Labute approximate surface area is 434 Å². The van der Waals surface area contributed by atoms with E-state index >= 15 is 4.79 Å². The molecule has 1 aliphatic heterocycles. The molecule has 17 heteroatoms. The third kappa shape index (κ3) is 15.2. The molecule has 1 heterocycles. The van der Waals surface area contributed by atoms with Crippen LogP contribution in [-0.4, -0.2) is 102 Å². The molecule has 1 saturated heterocycles. The number of hydrogen-bond donors (Lipinski definition) is 1. The van der Waals surface area contributed by atoms with Gasteiger partial charge in [-0.3, -0.25) is 9.59 Å². The fourth-order valence-electron chi connectivity index (χ4n) is 7.60. The number of nitrogens with zero attached hydrogens (tertiary/aromatic N) is 1. The molecule has 5 aromatic carbocycles. The SMILES string of the molecule is COCOc1cc(C(=O)O[C@@H]2CCCN(C(=O)OC(C)(C)C)C[C@H]2NC(=O)c2ccc(O[Si](C)(C)C(C)(C)C)cc2)cc(OCOC)c1C(=O)c1c(OCc2ccccc2)cccc1C(=O)OCc1ccccc1.